The van der Waals surface area contributed by atoms with Crippen molar-refractivity contribution in [3.05, 3.63) is 45.1 Å². The molecule has 0 unspecified atom stereocenters. The van der Waals surface area contributed by atoms with Gasteiger partial charge in [-0.25, -0.2) is 9.78 Å². The third kappa shape index (κ3) is 2.91. The number of aromatic amines is 1. The number of H-pyrrole nitrogens is 1. The number of hydrogen-bond acceptors (Lipinski definition) is 4. The molecule has 0 amide bonds. The van der Waals surface area contributed by atoms with Crippen molar-refractivity contribution in [3.8, 4) is 0 Å². The highest BCUT2D eigenvalue weighted by molar-refractivity contribution is 6.34. The summed E-state index contributed by atoms with van der Waals surface area (Å²) in [4.78, 5) is 31.8. The van der Waals surface area contributed by atoms with Crippen molar-refractivity contribution in [1.82, 2.24) is 14.4 Å². The zero-order chi connectivity index (χ0) is 18.1. The molecule has 0 saturated heterocycles. The number of nitrogens with zero attached hydrogens (tertiary/aromatic N) is 2. The normalized spacial score (nSPS) is 11.6. The first-order chi connectivity index (χ1) is 12.0. The number of halogens is 1. The lowest BCUT2D eigenvalue weighted by atomic mass is 10.0. The Morgan fingerprint density at radius 1 is 1.28 bits per heavy atom. The summed E-state index contributed by atoms with van der Waals surface area (Å²) >= 11 is 6.31. The molecule has 0 fully saturated rings. The second-order valence-corrected chi connectivity index (χ2v) is 6.28. The zero-order valence-electron chi connectivity index (χ0n) is 14.4. The van der Waals surface area contributed by atoms with Crippen LogP contribution in [-0.2, 0) is 4.74 Å². The molecule has 2 aromatic heterocycles. The lowest BCUT2D eigenvalue weighted by Crippen LogP contribution is -2.14. The number of carbonyl (C=O) groups is 1. The molecular weight excluding hydrogens is 342 g/mol. The molecule has 0 bridgehead atoms. The minimum atomic E-state index is -0.513. The van der Waals surface area contributed by atoms with Gasteiger partial charge in [0.1, 0.15) is 11.3 Å². The number of benzene rings is 1. The van der Waals surface area contributed by atoms with Crippen LogP contribution in [0.1, 0.15) is 55.7 Å². The summed E-state index contributed by atoms with van der Waals surface area (Å²) in [7, 11) is 0. The van der Waals surface area contributed by atoms with Crippen LogP contribution >= 0.6 is 11.6 Å². The van der Waals surface area contributed by atoms with Crippen molar-refractivity contribution in [2.75, 3.05) is 6.61 Å². The third-order valence-electron chi connectivity index (χ3n) is 4.44. The van der Waals surface area contributed by atoms with Crippen LogP contribution in [0.25, 0.3) is 16.6 Å². The number of hydrogen-bond donors (Lipinski definition) is 1. The largest absolute Gasteiger partial charge is 0.462 e. The van der Waals surface area contributed by atoms with Crippen LogP contribution in [0.5, 0.6) is 0 Å². The van der Waals surface area contributed by atoms with Crippen LogP contribution in [0.15, 0.2) is 23.1 Å². The lowest BCUT2D eigenvalue weighted by molar-refractivity contribution is 0.0526. The summed E-state index contributed by atoms with van der Waals surface area (Å²) in [6.07, 6.45) is 3.41. The Bertz CT molecular complexity index is 1000. The molecule has 25 heavy (non-hydrogen) atoms. The van der Waals surface area contributed by atoms with E-state index in [4.69, 9.17) is 16.3 Å². The molecular formula is C18H20ClN3O3. The fraction of sp³-hybridized carbons (Fsp3) is 0.389. The van der Waals surface area contributed by atoms with E-state index in [-0.39, 0.29) is 28.7 Å². The highest BCUT2D eigenvalue weighted by Gasteiger charge is 2.20. The summed E-state index contributed by atoms with van der Waals surface area (Å²) in [5.74, 6) is 0.549. The molecule has 3 aromatic rings. The topological polar surface area (TPSA) is 76.5 Å². The van der Waals surface area contributed by atoms with Gasteiger partial charge < -0.3 is 9.72 Å². The van der Waals surface area contributed by atoms with Crippen LogP contribution < -0.4 is 5.56 Å². The lowest BCUT2D eigenvalue weighted by Gasteiger charge is -2.14. The first-order valence-corrected chi connectivity index (χ1v) is 8.79. The monoisotopic (exact) mass is 361 g/mol. The molecule has 0 atom stereocenters. The first-order valence-electron chi connectivity index (χ1n) is 8.41. The van der Waals surface area contributed by atoms with Gasteiger partial charge in [0.05, 0.1) is 34.4 Å². The molecule has 7 heteroatoms. The van der Waals surface area contributed by atoms with Crippen LogP contribution in [-0.4, -0.2) is 26.9 Å². The van der Waals surface area contributed by atoms with Gasteiger partial charge in [0, 0.05) is 5.92 Å². The van der Waals surface area contributed by atoms with E-state index in [1.54, 1.807) is 25.3 Å². The fourth-order valence-electron chi connectivity index (χ4n) is 3.12. The Balaban J connectivity index is 2.34. The minimum Gasteiger partial charge on any atom is -0.462 e. The fourth-order valence-corrected chi connectivity index (χ4v) is 3.36. The van der Waals surface area contributed by atoms with Crippen molar-refractivity contribution in [2.24, 2.45) is 0 Å². The van der Waals surface area contributed by atoms with Gasteiger partial charge in [-0.2, -0.15) is 0 Å². The summed E-state index contributed by atoms with van der Waals surface area (Å²) in [5, 5.41) is 0.281. The van der Waals surface area contributed by atoms with Crippen molar-refractivity contribution in [3.63, 3.8) is 0 Å². The van der Waals surface area contributed by atoms with E-state index in [0.29, 0.717) is 16.6 Å². The molecule has 6 nitrogen and oxygen atoms in total. The van der Waals surface area contributed by atoms with E-state index in [2.05, 4.69) is 23.8 Å². The molecule has 1 N–H and O–H groups in total. The Hall–Kier alpha value is -2.34. The van der Waals surface area contributed by atoms with Gasteiger partial charge in [0.25, 0.3) is 5.56 Å². The van der Waals surface area contributed by atoms with Crippen LogP contribution in [0.2, 0.25) is 5.02 Å². The summed E-state index contributed by atoms with van der Waals surface area (Å²) in [6.45, 7) is 6.17. The van der Waals surface area contributed by atoms with E-state index in [0.717, 1.165) is 18.7 Å². The average Bonchev–Trinajstić information content (AvgIpc) is 3.02. The highest BCUT2D eigenvalue weighted by Crippen LogP contribution is 2.28. The van der Waals surface area contributed by atoms with E-state index in [9.17, 15) is 9.59 Å². The predicted octanol–water partition coefficient (Wildman–Crippen LogP) is 3.91. The maximum atomic E-state index is 12.4. The second kappa shape index (κ2) is 6.88. The maximum absolute atomic E-state index is 12.4. The molecule has 0 radical (unpaired) electrons. The molecule has 1 aromatic carbocycles. The first kappa shape index (κ1) is 17.5. The number of imidazole rings is 1. The van der Waals surface area contributed by atoms with Crippen LogP contribution in [0, 0.1) is 0 Å². The van der Waals surface area contributed by atoms with Gasteiger partial charge in [0.2, 0.25) is 0 Å². The van der Waals surface area contributed by atoms with Gasteiger partial charge in [-0.15, -0.1) is 0 Å². The maximum Gasteiger partial charge on any atom is 0.339 e. The summed E-state index contributed by atoms with van der Waals surface area (Å²) in [6, 6.07) is 3.24. The number of nitrogens with one attached hydrogen (secondary N) is 1. The Morgan fingerprint density at radius 2 is 2.00 bits per heavy atom. The highest BCUT2D eigenvalue weighted by atomic mass is 35.5. The zero-order valence-corrected chi connectivity index (χ0v) is 15.2. The standard InChI is InChI=1S/C18H20ClN3O3/c1-4-10(5-2)16-20-9-15-17(23)21-13-7-11(18(24)25-6-3)12(19)8-14(13)22(15)16/h7-10H,4-6H2,1-3H3,(H,21,23). The Kier molecular flexibility index (Phi) is 4.81. The van der Waals surface area contributed by atoms with E-state index >= 15 is 0 Å². The number of ether oxygens (including phenoxy) is 1. The number of fused-ring (bicyclic) bond motifs is 3. The molecule has 0 aliphatic heterocycles. The second-order valence-electron chi connectivity index (χ2n) is 5.87. The smallest absolute Gasteiger partial charge is 0.339 e. The number of aromatic nitrogens is 3. The molecule has 0 aliphatic rings. The molecule has 0 saturated carbocycles. The van der Waals surface area contributed by atoms with Gasteiger partial charge in [0.15, 0.2) is 0 Å². The number of esters is 1. The minimum absolute atomic E-state index is 0.232. The van der Waals surface area contributed by atoms with Crippen LogP contribution in [0.4, 0.5) is 0 Å². The SMILES string of the molecule is CCOC(=O)c1cc2[nH]c(=O)c3cnc(C(CC)CC)n3c2cc1Cl. The van der Waals surface area contributed by atoms with Gasteiger partial charge in [-0.05, 0) is 31.9 Å². The van der Waals surface area contributed by atoms with Crippen molar-refractivity contribution in [1.29, 1.82) is 0 Å². The summed E-state index contributed by atoms with van der Waals surface area (Å²) < 4.78 is 6.86. The van der Waals surface area contributed by atoms with Crippen molar-refractivity contribution < 1.29 is 9.53 Å². The van der Waals surface area contributed by atoms with Crippen molar-refractivity contribution >= 4 is 34.1 Å². The number of rotatable bonds is 5. The van der Waals surface area contributed by atoms with Gasteiger partial charge >= 0.3 is 5.97 Å². The Morgan fingerprint density at radius 3 is 2.64 bits per heavy atom. The van der Waals surface area contributed by atoms with E-state index in [1.807, 2.05) is 4.40 Å². The Labute approximate surface area is 149 Å². The van der Waals surface area contributed by atoms with Gasteiger partial charge in [-0.1, -0.05) is 25.4 Å². The van der Waals surface area contributed by atoms with E-state index in [1.165, 1.54) is 0 Å². The third-order valence-corrected chi connectivity index (χ3v) is 4.76. The molecule has 3 rings (SSSR count). The predicted molar refractivity (Wildman–Crippen MR) is 97.6 cm³/mol. The number of carbonyl (C=O) groups excluding carboxylic acids is 1. The molecule has 0 spiro atoms. The van der Waals surface area contributed by atoms with Crippen molar-refractivity contribution in [2.45, 2.75) is 39.5 Å². The quantitative estimate of drug-likeness (QED) is 0.699. The molecule has 0 aliphatic carbocycles. The van der Waals surface area contributed by atoms with Gasteiger partial charge in [-0.3, -0.25) is 9.20 Å². The molecule has 2 heterocycles. The van der Waals surface area contributed by atoms with Crippen LogP contribution in [0.3, 0.4) is 0 Å². The summed E-state index contributed by atoms with van der Waals surface area (Å²) in [5.41, 5.74) is 1.68. The average molecular weight is 362 g/mol. The van der Waals surface area contributed by atoms with E-state index < -0.39 is 5.97 Å². The molecule has 132 valence electrons.